The van der Waals surface area contributed by atoms with Crippen molar-refractivity contribution in [2.24, 2.45) is 0 Å². The number of para-hydroxylation sites is 1. The first kappa shape index (κ1) is 24.2. The number of methoxy groups -OCH3 is 1. The van der Waals surface area contributed by atoms with Crippen molar-refractivity contribution in [3.63, 3.8) is 0 Å². The van der Waals surface area contributed by atoms with Crippen molar-refractivity contribution in [1.82, 2.24) is 9.88 Å². The third-order valence-corrected chi connectivity index (χ3v) is 7.23. The molecule has 0 bridgehead atoms. The molecular weight excluding hydrogens is 448 g/mol. The van der Waals surface area contributed by atoms with Gasteiger partial charge in [0.05, 0.1) is 7.11 Å². The molecule has 0 unspecified atom stereocenters. The molecule has 1 N–H and O–H groups in total. The number of nitrogens with one attached hydrogen (secondary N) is 1. The van der Waals surface area contributed by atoms with E-state index in [4.69, 9.17) is 8.92 Å². The number of hydrogen-bond donors (Lipinski definition) is 1. The Morgan fingerprint density at radius 3 is 2.56 bits per heavy atom. The summed E-state index contributed by atoms with van der Waals surface area (Å²) >= 11 is 0. The molecule has 4 rings (SSSR count). The number of H-pyrrole nitrogens is 1. The first-order chi connectivity index (χ1) is 14.9. The molecule has 0 saturated carbocycles. The molecule has 2 heterocycles. The van der Waals surface area contributed by atoms with Crippen molar-refractivity contribution in [3.05, 3.63) is 65.9 Å². The molecule has 172 valence electrons. The van der Waals surface area contributed by atoms with E-state index >= 15 is 0 Å². The monoisotopic (exact) mass is 476 g/mol. The van der Waals surface area contributed by atoms with Crippen LogP contribution in [0.5, 0.6) is 11.5 Å². The van der Waals surface area contributed by atoms with Gasteiger partial charge in [-0.2, -0.15) is 8.42 Å². The number of halogens is 1. The van der Waals surface area contributed by atoms with Gasteiger partial charge in [0.15, 0.2) is 0 Å². The van der Waals surface area contributed by atoms with Crippen LogP contribution >= 0.6 is 12.4 Å². The Bertz CT molecular complexity index is 1160. The summed E-state index contributed by atoms with van der Waals surface area (Å²) < 4.78 is 37.0. The molecule has 0 amide bonds. The highest BCUT2D eigenvalue weighted by atomic mass is 35.5. The summed E-state index contributed by atoms with van der Waals surface area (Å²) in [6.45, 7) is 6.02. The molecule has 6 nitrogen and oxygen atoms in total. The van der Waals surface area contributed by atoms with Gasteiger partial charge in [0, 0.05) is 23.0 Å². The standard InChI is InChI=1S/C24H28N2O4S.ClH/c1-4-26-14-8-11-22(26)21-13-12-20(25-21)19-16-24(17(2)15-23(19)29-3)31(27,28)30-18-9-6-5-7-10-18;/h5-7,9-10,12-13,15-16,22,25H,4,8,11,14H2,1-3H3;1H/t22-;/m1./s1. The van der Waals surface area contributed by atoms with Crippen molar-refractivity contribution in [2.45, 2.75) is 37.6 Å². The second kappa shape index (κ2) is 9.98. The Hall–Kier alpha value is -2.48. The molecule has 1 aliphatic rings. The van der Waals surface area contributed by atoms with Gasteiger partial charge in [0.25, 0.3) is 0 Å². The Morgan fingerprint density at radius 2 is 1.88 bits per heavy atom. The van der Waals surface area contributed by atoms with Crippen LogP contribution in [0.25, 0.3) is 11.3 Å². The molecule has 1 fully saturated rings. The quantitative estimate of drug-likeness (QED) is 0.466. The fraction of sp³-hybridized carbons (Fsp3) is 0.333. The number of likely N-dealkylation sites (tertiary alicyclic amines) is 1. The van der Waals surface area contributed by atoms with Crippen LogP contribution in [0.2, 0.25) is 0 Å². The van der Waals surface area contributed by atoms with Crippen molar-refractivity contribution in [3.8, 4) is 22.8 Å². The highest BCUT2D eigenvalue weighted by Crippen LogP contribution is 2.37. The maximum absolute atomic E-state index is 13.0. The number of aromatic nitrogens is 1. The van der Waals surface area contributed by atoms with Gasteiger partial charge in [-0.05, 0) is 74.8 Å². The van der Waals surface area contributed by atoms with Crippen LogP contribution < -0.4 is 8.92 Å². The second-order valence-electron chi connectivity index (χ2n) is 7.78. The van der Waals surface area contributed by atoms with Gasteiger partial charge in [-0.25, -0.2) is 0 Å². The summed E-state index contributed by atoms with van der Waals surface area (Å²) in [5, 5.41) is 0. The molecule has 2 aromatic carbocycles. The van der Waals surface area contributed by atoms with E-state index < -0.39 is 10.1 Å². The number of aromatic amines is 1. The highest BCUT2D eigenvalue weighted by molar-refractivity contribution is 7.87. The summed E-state index contributed by atoms with van der Waals surface area (Å²) in [5.74, 6) is 0.894. The fourth-order valence-corrected chi connectivity index (χ4v) is 5.45. The van der Waals surface area contributed by atoms with Gasteiger partial charge in [-0.15, -0.1) is 12.4 Å². The minimum atomic E-state index is -4.00. The molecular formula is C24H29ClN2O4S. The maximum atomic E-state index is 13.0. The van der Waals surface area contributed by atoms with Crippen molar-refractivity contribution < 1.29 is 17.3 Å². The molecule has 32 heavy (non-hydrogen) atoms. The van der Waals surface area contributed by atoms with E-state index in [9.17, 15) is 8.42 Å². The van der Waals surface area contributed by atoms with E-state index in [1.165, 1.54) is 6.42 Å². The topological polar surface area (TPSA) is 71.6 Å². The van der Waals surface area contributed by atoms with Crippen LogP contribution in [0.3, 0.4) is 0 Å². The largest absolute Gasteiger partial charge is 0.496 e. The van der Waals surface area contributed by atoms with Gasteiger partial charge in [-0.1, -0.05) is 25.1 Å². The molecule has 0 spiro atoms. The van der Waals surface area contributed by atoms with E-state index in [-0.39, 0.29) is 23.1 Å². The maximum Gasteiger partial charge on any atom is 0.339 e. The first-order valence-electron chi connectivity index (χ1n) is 10.5. The normalized spacial score (nSPS) is 16.5. The molecule has 0 radical (unpaired) electrons. The van der Waals surface area contributed by atoms with Crippen LogP contribution in [-0.4, -0.2) is 38.5 Å². The molecule has 1 saturated heterocycles. The lowest BCUT2D eigenvalue weighted by molar-refractivity contribution is 0.268. The number of benzene rings is 2. The Morgan fingerprint density at radius 1 is 1.12 bits per heavy atom. The highest BCUT2D eigenvalue weighted by Gasteiger charge is 2.27. The van der Waals surface area contributed by atoms with E-state index in [1.54, 1.807) is 50.4 Å². The lowest BCUT2D eigenvalue weighted by atomic mass is 10.1. The minimum absolute atomic E-state index is 0. The average molecular weight is 477 g/mol. The molecule has 1 atom stereocenters. The molecule has 1 aliphatic heterocycles. The summed E-state index contributed by atoms with van der Waals surface area (Å²) in [7, 11) is -2.41. The Labute approximate surface area is 196 Å². The Balaban J connectivity index is 0.00000289. The van der Waals surface area contributed by atoms with Crippen molar-refractivity contribution in [1.29, 1.82) is 0 Å². The third kappa shape index (κ3) is 4.80. The van der Waals surface area contributed by atoms with Gasteiger partial charge >= 0.3 is 10.1 Å². The predicted molar refractivity (Wildman–Crippen MR) is 128 cm³/mol. The zero-order valence-corrected chi connectivity index (χ0v) is 20.1. The van der Waals surface area contributed by atoms with Gasteiger partial charge in [0.1, 0.15) is 16.4 Å². The average Bonchev–Trinajstić information content (AvgIpc) is 3.42. The molecule has 0 aliphatic carbocycles. The van der Waals surface area contributed by atoms with Gasteiger partial charge in [-0.3, -0.25) is 4.90 Å². The third-order valence-electron chi connectivity index (χ3n) is 5.84. The molecule has 1 aromatic heterocycles. The zero-order chi connectivity index (χ0) is 22.0. The molecule has 8 heteroatoms. The van der Waals surface area contributed by atoms with E-state index in [2.05, 4.69) is 22.9 Å². The Kier molecular flexibility index (Phi) is 7.54. The lowest BCUT2D eigenvalue weighted by Gasteiger charge is -2.21. The first-order valence-corrected chi connectivity index (χ1v) is 11.9. The second-order valence-corrected chi connectivity index (χ2v) is 9.30. The zero-order valence-electron chi connectivity index (χ0n) is 18.5. The van der Waals surface area contributed by atoms with E-state index in [0.29, 0.717) is 22.9 Å². The van der Waals surface area contributed by atoms with Crippen LogP contribution in [-0.2, 0) is 10.1 Å². The SMILES string of the molecule is CCN1CCC[C@@H]1c1ccc(-c2cc(S(=O)(=O)Oc3ccccc3)c(C)cc2OC)[nH]1.Cl. The van der Waals surface area contributed by atoms with Crippen LogP contribution in [0.1, 0.15) is 37.1 Å². The number of ether oxygens (including phenoxy) is 1. The van der Waals surface area contributed by atoms with Crippen molar-refractivity contribution >= 4 is 22.5 Å². The van der Waals surface area contributed by atoms with E-state index in [0.717, 1.165) is 30.9 Å². The van der Waals surface area contributed by atoms with Crippen LogP contribution in [0, 0.1) is 6.92 Å². The van der Waals surface area contributed by atoms with Gasteiger partial charge < -0.3 is 13.9 Å². The summed E-state index contributed by atoms with van der Waals surface area (Å²) in [6.07, 6.45) is 2.29. The van der Waals surface area contributed by atoms with E-state index in [1.807, 2.05) is 12.1 Å². The predicted octanol–water partition coefficient (Wildman–Crippen LogP) is 5.35. The fourth-order valence-electron chi connectivity index (χ4n) is 4.28. The summed E-state index contributed by atoms with van der Waals surface area (Å²) in [5.41, 5.74) is 3.22. The van der Waals surface area contributed by atoms with Crippen molar-refractivity contribution in [2.75, 3.05) is 20.2 Å². The van der Waals surface area contributed by atoms with Gasteiger partial charge in [0.2, 0.25) is 0 Å². The number of hydrogen-bond acceptors (Lipinski definition) is 5. The summed E-state index contributed by atoms with van der Waals surface area (Å²) in [4.78, 5) is 6.08. The van der Waals surface area contributed by atoms with Crippen LogP contribution in [0.4, 0.5) is 0 Å². The minimum Gasteiger partial charge on any atom is -0.496 e. The number of aryl methyl sites for hydroxylation is 1. The lowest BCUT2D eigenvalue weighted by Crippen LogP contribution is -2.22. The number of rotatable bonds is 7. The van der Waals surface area contributed by atoms with Crippen LogP contribution in [0.15, 0.2) is 59.5 Å². The molecule has 3 aromatic rings. The number of nitrogens with zero attached hydrogens (tertiary/aromatic N) is 1. The summed E-state index contributed by atoms with van der Waals surface area (Å²) in [6, 6.07) is 16.3. The smallest absolute Gasteiger partial charge is 0.339 e.